The van der Waals surface area contributed by atoms with Crippen LogP contribution in [-0.2, 0) is 19.1 Å². The molecular formula is C24H32O4S6. The Kier molecular flexibility index (Phi) is 13.4. The molecule has 1 saturated carbocycles. The zero-order valence-corrected chi connectivity index (χ0v) is 24.1. The van der Waals surface area contributed by atoms with Crippen molar-refractivity contribution in [2.24, 2.45) is 11.8 Å². The lowest BCUT2D eigenvalue weighted by atomic mass is 9.83. The monoisotopic (exact) mass is 576 g/mol. The van der Waals surface area contributed by atoms with E-state index in [1.165, 1.54) is 49.3 Å². The van der Waals surface area contributed by atoms with Gasteiger partial charge in [-0.1, -0.05) is 19.6 Å². The normalized spacial score (nSPS) is 26.5. The van der Waals surface area contributed by atoms with Crippen molar-refractivity contribution in [2.75, 3.05) is 36.2 Å². The average Bonchev–Trinajstić information content (AvgIpc) is 3.50. The van der Waals surface area contributed by atoms with E-state index in [1.807, 2.05) is 47.0 Å². The van der Waals surface area contributed by atoms with Crippen molar-refractivity contribution in [3.05, 3.63) is 45.9 Å². The molecule has 188 valence electrons. The third-order valence-corrected chi connectivity index (χ3v) is 14.1. The van der Waals surface area contributed by atoms with Crippen LogP contribution in [-0.4, -0.2) is 57.3 Å². The molecule has 10 heteroatoms. The standard InChI is InChI=1S/C24H32O4S6/c1-3-21(25)27-9-19-13-31-23(33-19)15-29-11-17-6-5-7-18(8-17)12-30-16-24-32-14-20(34-24)10-28-22(26)4-2/h3-4,13-14,17-18,23-24H,1-2,5-12,15-16H2. The zero-order chi connectivity index (χ0) is 24.2. The van der Waals surface area contributed by atoms with Gasteiger partial charge >= 0.3 is 11.9 Å². The Morgan fingerprint density at radius 3 is 1.76 bits per heavy atom. The molecule has 2 heterocycles. The first kappa shape index (κ1) is 28.6. The van der Waals surface area contributed by atoms with E-state index >= 15 is 0 Å². The van der Waals surface area contributed by atoms with Crippen molar-refractivity contribution >= 4 is 82.5 Å². The molecule has 0 amide bonds. The molecule has 1 aliphatic carbocycles. The second-order valence-electron chi connectivity index (χ2n) is 8.13. The average molecular weight is 577 g/mol. The van der Waals surface area contributed by atoms with Crippen LogP contribution in [0.15, 0.2) is 45.9 Å². The molecule has 34 heavy (non-hydrogen) atoms. The fraction of sp³-hybridized carbons (Fsp3) is 0.583. The maximum atomic E-state index is 11.2. The SMILES string of the molecule is C=CC(=O)OCC1=CSC(CSCC2CCCC(CSCC3SC=C(COC(=O)C=C)S3)C2)S1. The summed E-state index contributed by atoms with van der Waals surface area (Å²) in [6, 6.07) is 0. The van der Waals surface area contributed by atoms with Gasteiger partial charge in [0.1, 0.15) is 13.2 Å². The van der Waals surface area contributed by atoms with E-state index in [4.69, 9.17) is 9.47 Å². The van der Waals surface area contributed by atoms with Crippen molar-refractivity contribution in [3.8, 4) is 0 Å². The Balaban J connectivity index is 1.22. The van der Waals surface area contributed by atoms with Gasteiger partial charge < -0.3 is 9.47 Å². The minimum absolute atomic E-state index is 0.358. The van der Waals surface area contributed by atoms with Gasteiger partial charge in [-0.2, -0.15) is 23.5 Å². The van der Waals surface area contributed by atoms with Gasteiger partial charge in [0.25, 0.3) is 0 Å². The summed E-state index contributed by atoms with van der Waals surface area (Å²) in [7, 11) is 0. The fourth-order valence-electron chi connectivity index (χ4n) is 3.80. The zero-order valence-electron chi connectivity index (χ0n) is 19.2. The highest BCUT2D eigenvalue weighted by atomic mass is 32.2. The predicted octanol–water partition coefficient (Wildman–Crippen LogP) is 7.01. The molecule has 0 spiro atoms. The van der Waals surface area contributed by atoms with Crippen LogP contribution in [0.1, 0.15) is 25.7 Å². The van der Waals surface area contributed by atoms with Crippen molar-refractivity contribution in [2.45, 2.75) is 34.8 Å². The summed E-state index contributed by atoms with van der Waals surface area (Å²) in [6.07, 6.45) is 7.87. The number of carbonyl (C=O) groups excluding carboxylic acids is 2. The molecule has 0 saturated heterocycles. The van der Waals surface area contributed by atoms with E-state index in [9.17, 15) is 9.59 Å². The number of ether oxygens (including phenoxy) is 2. The summed E-state index contributed by atoms with van der Waals surface area (Å²) >= 11 is 11.5. The van der Waals surface area contributed by atoms with E-state index in [-0.39, 0.29) is 11.9 Å². The smallest absolute Gasteiger partial charge is 0.330 e. The van der Waals surface area contributed by atoms with Crippen LogP contribution >= 0.6 is 70.6 Å². The molecule has 0 aromatic carbocycles. The van der Waals surface area contributed by atoms with Crippen LogP contribution in [0.2, 0.25) is 0 Å². The van der Waals surface area contributed by atoms with E-state index in [1.54, 1.807) is 0 Å². The topological polar surface area (TPSA) is 52.6 Å². The number of thioether (sulfide) groups is 6. The van der Waals surface area contributed by atoms with Gasteiger partial charge in [-0.05, 0) is 53.4 Å². The highest BCUT2D eigenvalue weighted by Gasteiger charge is 2.25. The van der Waals surface area contributed by atoms with E-state index < -0.39 is 0 Å². The first-order valence-corrected chi connectivity index (χ1v) is 17.3. The third-order valence-electron chi connectivity index (χ3n) is 5.42. The molecule has 4 atom stereocenters. The number of hydrogen-bond acceptors (Lipinski definition) is 10. The molecule has 2 aliphatic heterocycles. The second-order valence-corrected chi connectivity index (χ2v) is 15.7. The fourth-order valence-corrected chi connectivity index (χ4v) is 12.0. The highest BCUT2D eigenvalue weighted by Crippen LogP contribution is 2.43. The third kappa shape index (κ3) is 10.5. The number of esters is 2. The van der Waals surface area contributed by atoms with Gasteiger partial charge in [-0.25, -0.2) is 9.59 Å². The van der Waals surface area contributed by atoms with Crippen LogP contribution < -0.4 is 0 Å². The summed E-state index contributed by atoms with van der Waals surface area (Å²) in [5.41, 5.74) is 0. The Hall–Kier alpha value is -0.000000000000000222. The number of rotatable bonds is 14. The number of carbonyl (C=O) groups is 2. The van der Waals surface area contributed by atoms with Gasteiger partial charge in [-0.15, -0.1) is 47.0 Å². The van der Waals surface area contributed by atoms with Crippen molar-refractivity contribution in [1.82, 2.24) is 0 Å². The quantitative estimate of drug-likeness (QED) is 0.159. The van der Waals surface area contributed by atoms with Crippen molar-refractivity contribution in [1.29, 1.82) is 0 Å². The lowest BCUT2D eigenvalue weighted by molar-refractivity contribution is -0.137. The van der Waals surface area contributed by atoms with Gasteiger partial charge in [-0.3, -0.25) is 0 Å². The Morgan fingerprint density at radius 2 is 1.32 bits per heavy atom. The van der Waals surface area contributed by atoms with Gasteiger partial charge in [0, 0.05) is 33.5 Å². The summed E-state index contributed by atoms with van der Waals surface area (Å²) in [5, 5.41) is 4.26. The van der Waals surface area contributed by atoms with E-state index in [2.05, 4.69) is 47.5 Å². The lowest BCUT2D eigenvalue weighted by Gasteiger charge is -2.29. The minimum Gasteiger partial charge on any atom is -0.457 e. The second kappa shape index (κ2) is 16.0. The Bertz CT molecular complexity index is 721. The van der Waals surface area contributed by atoms with Gasteiger partial charge in [0.2, 0.25) is 0 Å². The minimum atomic E-state index is -0.358. The van der Waals surface area contributed by atoms with E-state index in [0.717, 1.165) is 33.2 Å². The molecular weight excluding hydrogens is 545 g/mol. The molecule has 0 radical (unpaired) electrons. The Morgan fingerprint density at radius 1 is 0.853 bits per heavy atom. The first-order valence-electron chi connectivity index (χ1n) is 11.3. The molecule has 0 N–H and O–H groups in total. The van der Waals surface area contributed by atoms with E-state index in [0.29, 0.717) is 22.4 Å². The van der Waals surface area contributed by atoms with Crippen LogP contribution in [0.25, 0.3) is 0 Å². The molecule has 4 unspecified atom stereocenters. The molecule has 0 bridgehead atoms. The maximum Gasteiger partial charge on any atom is 0.330 e. The number of hydrogen-bond donors (Lipinski definition) is 0. The van der Waals surface area contributed by atoms with Gasteiger partial charge in [0.15, 0.2) is 0 Å². The van der Waals surface area contributed by atoms with Crippen LogP contribution in [0.4, 0.5) is 0 Å². The van der Waals surface area contributed by atoms with Crippen LogP contribution in [0.5, 0.6) is 0 Å². The maximum absolute atomic E-state index is 11.2. The molecule has 3 aliphatic rings. The van der Waals surface area contributed by atoms with Crippen molar-refractivity contribution in [3.63, 3.8) is 0 Å². The molecule has 3 rings (SSSR count). The van der Waals surface area contributed by atoms with Crippen LogP contribution in [0, 0.1) is 11.8 Å². The largest absolute Gasteiger partial charge is 0.457 e. The lowest BCUT2D eigenvalue weighted by Crippen LogP contribution is -2.20. The Labute approximate surface area is 229 Å². The summed E-state index contributed by atoms with van der Waals surface area (Å²) in [4.78, 5) is 24.7. The predicted molar refractivity (Wildman–Crippen MR) is 157 cm³/mol. The highest BCUT2D eigenvalue weighted by molar-refractivity contribution is 8.24. The molecule has 4 nitrogen and oxygen atoms in total. The van der Waals surface area contributed by atoms with Crippen LogP contribution in [0.3, 0.4) is 0 Å². The summed E-state index contributed by atoms with van der Waals surface area (Å²) in [6.45, 7) is 7.59. The molecule has 1 fully saturated rings. The molecule has 0 aromatic heterocycles. The summed E-state index contributed by atoms with van der Waals surface area (Å²) in [5.74, 6) is 5.73. The van der Waals surface area contributed by atoms with Crippen molar-refractivity contribution < 1.29 is 19.1 Å². The van der Waals surface area contributed by atoms with Gasteiger partial charge in [0.05, 0.1) is 9.16 Å². The first-order chi connectivity index (χ1) is 16.6. The molecule has 0 aromatic rings. The summed E-state index contributed by atoms with van der Waals surface area (Å²) < 4.78 is 11.3.